The first-order valence-corrected chi connectivity index (χ1v) is 10.8. The van der Waals surface area contributed by atoms with Crippen LogP contribution in [0.2, 0.25) is 5.02 Å². The van der Waals surface area contributed by atoms with Gasteiger partial charge in [-0.15, -0.1) is 0 Å². The molecule has 1 aliphatic heterocycles. The summed E-state index contributed by atoms with van der Waals surface area (Å²) in [7, 11) is 0. The molecule has 3 aromatic rings. The van der Waals surface area contributed by atoms with Gasteiger partial charge in [0, 0.05) is 21.7 Å². The van der Waals surface area contributed by atoms with Crippen molar-refractivity contribution in [1.82, 2.24) is 10.3 Å². The monoisotopic (exact) mass is 525 g/mol. The number of anilines is 1. The van der Waals surface area contributed by atoms with E-state index in [1.807, 2.05) is 0 Å². The Morgan fingerprint density at radius 3 is 2.42 bits per heavy atom. The molecule has 0 spiro atoms. The van der Waals surface area contributed by atoms with Crippen LogP contribution in [0.4, 0.5) is 27.6 Å². The third-order valence-electron chi connectivity index (χ3n) is 5.47. The van der Waals surface area contributed by atoms with Crippen molar-refractivity contribution in [1.29, 1.82) is 0 Å². The number of halogens is 6. The number of aliphatic hydroxyl groups is 1. The van der Waals surface area contributed by atoms with Crippen LogP contribution in [-0.4, -0.2) is 21.9 Å². The fourth-order valence-electron chi connectivity index (χ4n) is 3.76. The topological polar surface area (TPSA) is 91.3 Å². The van der Waals surface area contributed by atoms with Crippen LogP contribution in [0.15, 0.2) is 42.5 Å². The summed E-state index contributed by atoms with van der Waals surface area (Å²) in [5, 5.41) is 15.5. The Kier molecular flexibility index (Phi) is 6.26. The molecular weight excluding hydrogens is 509 g/mol. The number of carbonyl (C=O) groups is 2. The summed E-state index contributed by atoms with van der Waals surface area (Å²) >= 11 is 6.21. The van der Waals surface area contributed by atoms with Crippen LogP contribution in [0.3, 0.4) is 0 Å². The second-order valence-electron chi connectivity index (χ2n) is 8.63. The molecule has 4 rings (SSSR count). The van der Waals surface area contributed by atoms with Gasteiger partial charge in [0.15, 0.2) is 0 Å². The van der Waals surface area contributed by atoms with E-state index in [2.05, 4.69) is 15.6 Å². The zero-order valence-corrected chi connectivity index (χ0v) is 19.4. The maximum absolute atomic E-state index is 14.0. The molecule has 2 heterocycles. The van der Waals surface area contributed by atoms with Crippen molar-refractivity contribution in [2.24, 2.45) is 0 Å². The van der Waals surface area contributed by atoms with Crippen molar-refractivity contribution in [2.75, 3.05) is 5.32 Å². The molecular formula is C24H17ClF5N3O3. The number of nitrogens with zero attached hydrogens (tertiary/aromatic N) is 1. The third-order valence-corrected chi connectivity index (χ3v) is 5.81. The molecule has 0 saturated heterocycles. The number of hydrogen-bond acceptors (Lipinski definition) is 4. The highest BCUT2D eigenvalue weighted by Gasteiger charge is 2.38. The highest BCUT2D eigenvalue weighted by atomic mass is 35.5. The number of alkyl halides is 3. The molecule has 1 aliphatic rings. The lowest BCUT2D eigenvalue weighted by atomic mass is 9.95. The summed E-state index contributed by atoms with van der Waals surface area (Å²) in [6.07, 6.45) is -4.90. The largest absolute Gasteiger partial charge is 0.416 e. The van der Waals surface area contributed by atoms with Gasteiger partial charge < -0.3 is 15.7 Å². The molecule has 2 aromatic carbocycles. The van der Waals surface area contributed by atoms with Crippen LogP contribution in [0.5, 0.6) is 0 Å². The van der Waals surface area contributed by atoms with Crippen LogP contribution >= 0.6 is 11.6 Å². The Bertz CT molecular complexity index is 1400. The zero-order chi connectivity index (χ0) is 26.6. The van der Waals surface area contributed by atoms with E-state index in [1.165, 1.54) is 26.0 Å². The minimum absolute atomic E-state index is 0.0429. The Morgan fingerprint density at radius 1 is 1.08 bits per heavy atom. The molecule has 3 N–H and O–H groups in total. The van der Waals surface area contributed by atoms with Gasteiger partial charge in [0.25, 0.3) is 11.8 Å². The molecule has 0 bridgehead atoms. The first-order valence-electron chi connectivity index (χ1n) is 10.4. The molecule has 0 aliphatic carbocycles. The predicted octanol–water partition coefficient (Wildman–Crippen LogP) is 5.34. The van der Waals surface area contributed by atoms with Crippen LogP contribution < -0.4 is 10.6 Å². The van der Waals surface area contributed by atoms with Gasteiger partial charge in [-0.2, -0.15) is 13.2 Å². The van der Waals surface area contributed by atoms with Crippen LogP contribution in [0.25, 0.3) is 0 Å². The number of fused-ring (bicyclic) bond motifs is 1. The summed E-state index contributed by atoms with van der Waals surface area (Å²) in [4.78, 5) is 29.9. The number of rotatable bonds is 4. The molecule has 0 fully saturated rings. The average molecular weight is 526 g/mol. The van der Waals surface area contributed by atoms with Crippen molar-refractivity contribution >= 4 is 29.1 Å². The highest BCUT2D eigenvalue weighted by Crippen LogP contribution is 2.40. The number of nitrogens with one attached hydrogen (secondary N) is 2. The number of aromatic nitrogens is 1. The summed E-state index contributed by atoms with van der Waals surface area (Å²) in [6.45, 7) is 2.73. The van der Waals surface area contributed by atoms with E-state index in [1.54, 1.807) is 0 Å². The second kappa shape index (κ2) is 8.82. The summed E-state index contributed by atoms with van der Waals surface area (Å²) in [5.41, 5.74) is -3.82. The lowest BCUT2D eigenvalue weighted by molar-refractivity contribution is -0.137. The van der Waals surface area contributed by atoms with Gasteiger partial charge in [0.1, 0.15) is 22.9 Å². The van der Waals surface area contributed by atoms with E-state index in [0.717, 1.165) is 12.1 Å². The van der Waals surface area contributed by atoms with E-state index in [0.29, 0.717) is 12.1 Å². The van der Waals surface area contributed by atoms with Crippen LogP contribution in [0.1, 0.15) is 63.1 Å². The Morgan fingerprint density at radius 2 is 1.78 bits per heavy atom. The zero-order valence-electron chi connectivity index (χ0n) is 18.6. The molecule has 1 unspecified atom stereocenters. The lowest BCUT2D eigenvalue weighted by Crippen LogP contribution is -2.22. The van der Waals surface area contributed by atoms with Gasteiger partial charge in [-0.25, -0.2) is 13.8 Å². The van der Waals surface area contributed by atoms with Crippen molar-refractivity contribution in [3.63, 3.8) is 0 Å². The number of benzene rings is 2. The summed E-state index contributed by atoms with van der Waals surface area (Å²) < 4.78 is 67.3. The first-order chi connectivity index (χ1) is 16.6. The van der Waals surface area contributed by atoms with Gasteiger partial charge in [-0.3, -0.25) is 9.59 Å². The van der Waals surface area contributed by atoms with Crippen molar-refractivity contribution in [3.8, 4) is 0 Å². The normalized spacial score (nSPS) is 15.5. The fraction of sp³-hybridized carbons (Fsp3) is 0.208. The maximum Gasteiger partial charge on any atom is 0.416 e. The third kappa shape index (κ3) is 4.89. The molecule has 12 heteroatoms. The second-order valence-corrected chi connectivity index (χ2v) is 9.04. The lowest BCUT2D eigenvalue weighted by Gasteiger charge is -2.22. The maximum atomic E-state index is 14.0. The van der Waals surface area contributed by atoms with Crippen LogP contribution in [0, 0.1) is 11.6 Å². The average Bonchev–Trinajstić information content (AvgIpc) is 3.10. The Hall–Kier alpha value is -3.57. The van der Waals surface area contributed by atoms with Gasteiger partial charge >= 0.3 is 6.18 Å². The molecule has 36 heavy (non-hydrogen) atoms. The molecule has 188 valence electrons. The smallest absolute Gasteiger partial charge is 0.384 e. The van der Waals surface area contributed by atoms with Crippen LogP contribution in [-0.2, 0) is 11.8 Å². The first kappa shape index (κ1) is 25.5. The molecule has 0 radical (unpaired) electrons. The standard InChI is InChI=1S/C24H17ClF5N3O3/c1-23(2,36)17-9-16(31-21(34)10-5-11(24(28,29)30)7-13(27)6-10)18-19(33-22(35)20(18)32-17)14-8-12(26)3-4-15(14)25/h3-9,19,36H,1-2H3,(H,33,35)(H,31,32,34). The van der Waals surface area contributed by atoms with E-state index < -0.39 is 52.4 Å². The summed E-state index contributed by atoms with van der Waals surface area (Å²) in [5.74, 6) is -3.79. The highest BCUT2D eigenvalue weighted by molar-refractivity contribution is 6.31. The number of pyridine rings is 1. The van der Waals surface area contributed by atoms with E-state index >= 15 is 0 Å². The van der Waals surface area contributed by atoms with Gasteiger partial charge in [-0.05, 0) is 56.3 Å². The number of carbonyl (C=O) groups excluding carboxylic acids is 2. The molecule has 6 nitrogen and oxygen atoms in total. The minimum atomic E-state index is -4.90. The fourth-order valence-corrected chi connectivity index (χ4v) is 3.98. The summed E-state index contributed by atoms with van der Waals surface area (Å²) in [6, 6.07) is 4.91. The molecule has 2 amide bonds. The van der Waals surface area contributed by atoms with E-state index in [9.17, 15) is 36.6 Å². The molecule has 1 aromatic heterocycles. The predicted molar refractivity (Wildman–Crippen MR) is 120 cm³/mol. The van der Waals surface area contributed by atoms with Crippen molar-refractivity contribution in [2.45, 2.75) is 31.7 Å². The van der Waals surface area contributed by atoms with Gasteiger partial charge in [0.2, 0.25) is 0 Å². The SMILES string of the molecule is CC(C)(O)c1cc(NC(=O)c2cc(F)cc(C(F)(F)F)c2)c2c(n1)C(=O)NC2c1cc(F)ccc1Cl. The Labute approximate surface area is 206 Å². The molecule has 0 saturated carbocycles. The Balaban J connectivity index is 1.86. The number of hydrogen-bond donors (Lipinski definition) is 3. The number of amides is 2. The van der Waals surface area contributed by atoms with E-state index in [-0.39, 0.29) is 39.3 Å². The molecule has 1 atom stereocenters. The van der Waals surface area contributed by atoms with Crippen molar-refractivity contribution in [3.05, 3.63) is 92.8 Å². The van der Waals surface area contributed by atoms with Gasteiger partial charge in [-0.1, -0.05) is 11.6 Å². The van der Waals surface area contributed by atoms with E-state index in [4.69, 9.17) is 11.6 Å². The van der Waals surface area contributed by atoms with Crippen molar-refractivity contribution < 1.29 is 36.6 Å². The van der Waals surface area contributed by atoms with Gasteiger partial charge in [0.05, 0.1) is 23.0 Å². The minimum Gasteiger partial charge on any atom is -0.384 e. The quantitative estimate of drug-likeness (QED) is 0.401.